The molecule has 0 saturated carbocycles. The molecule has 0 radical (unpaired) electrons. The fourth-order valence-corrected chi connectivity index (χ4v) is 2.10. The van der Waals surface area contributed by atoms with Gasteiger partial charge in [0.05, 0.1) is 19.8 Å². The van der Waals surface area contributed by atoms with Crippen LogP contribution in [0.2, 0.25) is 0 Å². The molecule has 0 aliphatic carbocycles. The molecule has 0 amide bonds. The number of aliphatic hydroxyl groups is 2. The van der Waals surface area contributed by atoms with E-state index in [1.165, 1.54) is 0 Å². The summed E-state index contributed by atoms with van der Waals surface area (Å²) in [6.07, 6.45) is 3.80. The van der Waals surface area contributed by atoms with Crippen molar-refractivity contribution in [2.75, 3.05) is 20.3 Å². The molecular weight excluding hydrogens is 292 g/mol. The summed E-state index contributed by atoms with van der Waals surface area (Å²) < 4.78 is 10.7. The van der Waals surface area contributed by atoms with Crippen LogP contribution in [-0.4, -0.2) is 36.6 Å². The summed E-state index contributed by atoms with van der Waals surface area (Å²) in [5, 5.41) is 18.5. The van der Waals surface area contributed by atoms with Crippen molar-refractivity contribution in [2.24, 2.45) is 5.92 Å². The molecule has 0 fully saturated rings. The highest BCUT2D eigenvalue weighted by Gasteiger charge is 2.12. The van der Waals surface area contributed by atoms with Gasteiger partial charge in [0.2, 0.25) is 0 Å². The second-order valence-corrected chi connectivity index (χ2v) is 5.56. The summed E-state index contributed by atoms with van der Waals surface area (Å²) in [5.74, 6) is 7.84. The number of hydrogen-bond donors (Lipinski definition) is 2. The number of unbranched alkanes of at least 4 members (excludes halogenated alkanes) is 2. The Kier molecular flexibility index (Phi) is 9.94. The van der Waals surface area contributed by atoms with Crippen molar-refractivity contribution in [1.29, 1.82) is 0 Å². The molecule has 23 heavy (non-hydrogen) atoms. The fraction of sp³-hybridized carbons (Fsp3) is 0.579. The van der Waals surface area contributed by atoms with Crippen LogP contribution < -0.4 is 9.47 Å². The van der Waals surface area contributed by atoms with Crippen molar-refractivity contribution < 1.29 is 19.7 Å². The van der Waals surface area contributed by atoms with E-state index in [-0.39, 0.29) is 12.5 Å². The van der Waals surface area contributed by atoms with Gasteiger partial charge >= 0.3 is 0 Å². The predicted octanol–water partition coefficient (Wildman–Crippen LogP) is 3.02. The molecular formula is C19H28O4. The van der Waals surface area contributed by atoms with E-state index in [4.69, 9.17) is 14.6 Å². The Bertz CT molecular complexity index is 470. The van der Waals surface area contributed by atoms with Crippen LogP contribution in [0.15, 0.2) is 24.3 Å². The summed E-state index contributed by atoms with van der Waals surface area (Å²) in [7, 11) is 1.64. The van der Waals surface area contributed by atoms with Crippen LogP contribution in [0.1, 0.15) is 39.0 Å². The Balaban J connectivity index is 2.06. The standard InChI is InChI=1S/C19H28O4/c1-16(21)17(15-20)9-7-5-3-4-6-8-14-23-19-12-10-18(22-2)11-13-19/h10-13,16-17,20-21H,4,6-9,14-15H2,1-2H3. The molecule has 1 rings (SSSR count). The van der Waals surface area contributed by atoms with Crippen LogP contribution in [0.5, 0.6) is 11.5 Å². The average Bonchev–Trinajstić information content (AvgIpc) is 2.57. The lowest BCUT2D eigenvalue weighted by atomic mass is 9.99. The Labute approximate surface area is 139 Å². The SMILES string of the molecule is COc1ccc(OCCCCC#CCCC(CO)C(C)O)cc1. The van der Waals surface area contributed by atoms with Gasteiger partial charge in [0.25, 0.3) is 0 Å². The van der Waals surface area contributed by atoms with Crippen LogP contribution in [0.3, 0.4) is 0 Å². The van der Waals surface area contributed by atoms with Crippen LogP contribution in [0.25, 0.3) is 0 Å². The lowest BCUT2D eigenvalue weighted by Crippen LogP contribution is -2.20. The van der Waals surface area contributed by atoms with E-state index in [1.807, 2.05) is 24.3 Å². The van der Waals surface area contributed by atoms with Crippen molar-refractivity contribution in [1.82, 2.24) is 0 Å². The quantitative estimate of drug-likeness (QED) is 0.514. The molecule has 0 saturated heterocycles. The zero-order valence-corrected chi connectivity index (χ0v) is 14.1. The van der Waals surface area contributed by atoms with Gasteiger partial charge in [-0.25, -0.2) is 0 Å². The molecule has 0 aliphatic heterocycles. The lowest BCUT2D eigenvalue weighted by molar-refractivity contribution is 0.0767. The molecule has 0 aromatic heterocycles. The van der Waals surface area contributed by atoms with Gasteiger partial charge in [0.1, 0.15) is 11.5 Å². The average molecular weight is 320 g/mol. The van der Waals surface area contributed by atoms with Gasteiger partial charge in [-0.3, -0.25) is 0 Å². The van der Waals surface area contributed by atoms with Crippen LogP contribution in [0.4, 0.5) is 0 Å². The molecule has 0 bridgehead atoms. The van der Waals surface area contributed by atoms with Gasteiger partial charge in [-0.15, -0.1) is 11.8 Å². The zero-order valence-electron chi connectivity index (χ0n) is 14.1. The first-order valence-electron chi connectivity index (χ1n) is 8.19. The summed E-state index contributed by atoms with van der Waals surface area (Å²) >= 11 is 0. The summed E-state index contributed by atoms with van der Waals surface area (Å²) in [4.78, 5) is 0. The molecule has 0 heterocycles. The number of aliphatic hydroxyl groups excluding tert-OH is 2. The first-order valence-corrected chi connectivity index (χ1v) is 8.19. The third-order valence-corrected chi connectivity index (χ3v) is 3.71. The topological polar surface area (TPSA) is 58.9 Å². The van der Waals surface area contributed by atoms with Crippen molar-refractivity contribution in [3.63, 3.8) is 0 Å². The first kappa shape index (κ1) is 19.3. The van der Waals surface area contributed by atoms with Crippen LogP contribution in [0, 0.1) is 17.8 Å². The van der Waals surface area contributed by atoms with Crippen LogP contribution in [-0.2, 0) is 0 Å². The third-order valence-electron chi connectivity index (χ3n) is 3.71. The van der Waals surface area contributed by atoms with Gasteiger partial charge in [0.15, 0.2) is 0 Å². The largest absolute Gasteiger partial charge is 0.497 e. The van der Waals surface area contributed by atoms with E-state index in [9.17, 15) is 5.11 Å². The predicted molar refractivity (Wildman–Crippen MR) is 91.6 cm³/mol. The molecule has 128 valence electrons. The van der Waals surface area contributed by atoms with E-state index < -0.39 is 6.10 Å². The molecule has 4 heteroatoms. The Morgan fingerprint density at radius 3 is 2.30 bits per heavy atom. The molecule has 1 aromatic carbocycles. The minimum absolute atomic E-state index is 0.0159. The number of ether oxygens (including phenoxy) is 2. The first-order chi connectivity index (χ1) is 11.2. The van der Waals surface area contributed by atoms with Crippen molar-refractivity contribution >= 4 is 0 Å². The van der Waals surface area contributed by atoms with Crippen molar-refractivity contribution in [3.8, 4) is 23.3 Å². The maximum atomic E-state index is 9.41. The molecule has 1 aromatic rings. The number of benzene rings is 1. The monoisotopic (exact) mass is 320 g/mol. The van der Waals surface area contributed by atoms with E-state index in [0.717, 1.165) is 43.6 Å². The molecule has 2 atom stereocenters. The Hall–Kier alpha value is -1.70. The Morgan fingerprint density at radius 2 is 1.70 bits per heavy atom. The van der Waals surface area contributed by atoms with Gasteiger partial charge in [-0.2, -0.15) is 0 Å². The highest BCUT2D eigenvalue weighted by atomic mass is 16.5. The number of rotatable bonds is 10. The maximum Gasteiger partial charge on any atom is 0.119 e. The summed E-state index contributed by atoms with van der Waals surface area (Å²) in [5.41, 5.74) is 0. The maximum absolute atomic E-state index is 9.41. The van der Waals surface area contributed by atoms with Gasteiger partial charge in [-0.05, 0) is 50.5 Å². The number of hydrogen-bond acceptors (Lipinski definition) is 4. The van der Waals surface area contributed by atoms with Gasteiger partial charge in [0, 0.05) is 25.4 Å². The highest BCUT2D eigenvalue weighted by Crippen LogP contribution is 2.17. The van der Waals surface area contributed by atoms with E-state index in [2.05, 4.69) is 11.8 Å². The molecule has 0 aliphatic rings. The molecule has 0 spiro atoms. The molecule has 4 nitrogen and oxygen atoms in total. The van der Waals surface area contributed by atoms with Crippen molar-refractivity contribution in [2.45, 2.75) is 45.1 Å². The van der Waals surface area contributed by atoms with Crippen LogP contribution >= 0.6 is 0 Å². The normalized spacial score (nSPS) is 12.9. The second-order valence-electron chi connectivity index (χ2n) is 5.56. The molecule has 2 N–H and O–H groups in total. The van der Waals surface area contributed by atoms with Crippen molar-refractivity contribution in [3.05, 3.63) is 24.3 Å². The molecule has 2 unspecified atom stereocenters. The lowest BCUT2D eigenvalue weighted by Gasteiger charge is -2.14. The van der Waals surface area contributed by atoms with Gasteiger partial charge < -0.3 is 19.7 Å². The minimum Gasteiger partial charge on any atom is -0.497 e. The van der Waals surface area contributed by atoms with Gasteiger partial charge in [-0.1, -0.05) is 0 Å². The fourth-order valence-electron chi connectivity index (χ4n) is 2.10. The minimum atomic E-state index is -0.475. The second kappa shape index (κ2) is 11.8. The van der Waals surface area contributed by atoms with E-state index in [1.54, 1.807) is 14.0 Å². The number of methoxy groups -OCH3 is 1. The smallest absolute Gasteiger partial charge is 0.119 e. The van der Waals surface area contributed by atoms with E-state index in [0.29, 0.717) is 6.61 Å². The van der Waals surface area contributed by atoms with E-state index >= 15 is 0 Å². The summed E-state index contributed by atoms with van der Waals surface area (Å²) in [6, 6.07) is 7.57. The summed E-state index contributed by atoms with van der Waals surface area (Å²) in [6.45, 7) is 2.40. The highest BCUT2D eigenvalue weighted by molar-refractivity contribution is 5.31. The zero-order chi connectivity index (χ0) is 16.9. The third kappa shape index (κ3) is 8.49. The Morgan fingerprint density at radius 1 is 1.04 bits per heavy atom.